The lowest BCUT2D eigenvalue weighted by molar-refractivity contribution is 0.0122. The van der Waals surface area contributed by atoms with E-state index in [-0.39, 0.29) is 59.2 Å². The Morgan fingerprint density at radius 3 is 2.10 bits per heavy atom. The number of rotatable bonds is 9. The lowest BCUT2D eigenvalue weighted by Crippen LogP contribution is -2.68. The molecule has 0 aliphatic carbocycles. The van der Waals surface area contributed by atoms with Gasteiger partial charge in [-0.15, -0.1) is 0 Å². The molecule has 63 heavy (non-hydrogen) atoms. The zero-order chi connectivity index (χ0) is 44.3. The Labute approximate surface area is 375 Å². The molecule has 2 aromatic heterocycles. The molecule has 328 valence electrons. The Bertz CT molecular complexity index is 2590. The van der Waals surface area contributed by atoms with Gasteiger partial charge in [-0.05, 0) is 73.9 Å². The quantitative estimate of drug-likeness (QED) is 0.132. The molecule has 9 rings (SSSR count). The second-order valence-electron chi connectivity index (χ2n) is 19.3. The van der Waals surface area contributed by atoms with E-state index in [4.69, 9.17) is 40.5 Å². The van der Waals surface area contributed by atoms with E-state index in [9.17, 15) is 4.79 Å². The number of amides is 1. The summed E-state index contributed by atoms with van der Waals surface area (Å²) in [6.07, 6.45) is 3.65. The smallest absolute Gasteiger partial charge is 0.410 e. The summed E-state index contributed by atoms with van der Waals surface area (Å²) >= 11 is 6.75. The molecule has 5 heterocycles. The van der Waals surface area contributed by atoms with Gasteiger partial charge in [-0.2, -0.15) is 9.97 Å². The number of hydrogen-bond donors (Lipinski definition) is 0. The maximum Gasteiger partial charge on any atom is 0.410 e. The van der Waals surface area contributed by atoms with Crippen LogP contribution in [-0.4, -0.2) is 102 Å². The fourth-order valence-electron chi connectivity index (χ4n) is 10.1. The number of ether oxygens (including phenoxy) is 2. The van der Waals surface area contributed by atoms with Crippen molar-refractivity contribution in [3.63, 3.8) is 0 Å². The normalized spacial score (nSPS) is 20.8. The van der Waals surface area contributed by atoms with E-state index in [0.29, 0.717) is 40.3 Å². The number of pyridine rings is 1. The number of carbonyl (C=O) groups is 1. The number of hydrogen-bond acceptors (Lipinski definition) is 9. The highest BCUT2D eigenvalue weighted by Crippen LogP contribution is 2.42. The molecule has 0 saturated carbocycles. The second kappa shape index (κ2) is 16.8. The Morgan fingerprint density at radius 2 is 1.48 bits per heavy atom. The molecule has 0 unspecified atom stereocenters. The van der Waals surface area contributed by atoms with Crippen LogP contribution in [0, 0.1) is 5.82 Å². The van der Waals surface area contributed by atoms with Crippen molar-refractivity contribution in [3.8, 4) is 17.3 Å². The van der Waals surface area contributed by atoms with Crippen LogP contribution in [0.2, 0.25) is 10.1 Å². The van der Waals surface area contributed by atoms with Crippen LogP contribution in [0.5, 0.6) is 6.01 Å². The average molecular weight is 888 g/mol. The van der Waals surface area contributed by atoms with Gasteiger partial charge in [-0.3, -0.25) is 14.8 Å². The molecular weight excluding hydrogens is 831 g/mol. The topological polar surface area (TPSA) is 93.2 Å². The van der Waals surface area contributed by atoms with Crippen LogP contribution in [0.3, 0.4) is 0 Å². The molecule has 13 heteroatoms. The van der Waals surface area contributed by atoms with Crippen LogP contribution in [0.25, 0.3) is 32.9 Å². The van der Waals surface area contributed by atoms with E-state index >= 15 is 4.39 Å². The van der Waals surface area contributed by atoms with Gasteiger partial charge in [0.1, 0.15) is 29.2 Å². The van der Waals surface area contributed by atoms with Crippen LogP contribution in [0.1, 0.15) is 60.8 Å². The van der Waals surface area contributed by atoms with E-state index in [1.165, 1.54) is 10.4 Å². The minimum absolute atomic E-state index is 0.0657. The van der Waals surface area contributed by atoms with Crippen molar-refractivity contribution in [3.05, 3.63) is 114 Å². The van der Waals surface area contributed by atoms with Crippen LogP contribution >= 0.6 is 11.6 Å². The molecule has 4 aromatic carbocycles. The first-order chi connectivity index (χ1) is 30.1. The third kappa shape index (κ3) is 8.04. The summed E-state index contributed by atoms with van der Waals surface area (Å²) in [6.45, 7) is 14.5. The molecule has 0 radical (unpaired) electrons. The molecule has 2 bridgehead atoms. The molecule has 3 saturated heterocycles. The second-order valence-corrected chi connectivity index (χ2v) is 24.0. The van der Waals surface area contributed by atoms with Gasteiger partial charge >= 0.3 is 12.1 Å². The zero-order valence-corrected chi connectivity index (χ0v) is 38.9. The Kier molecular flexibility index (Phi) is 11.5. The summed E-state index contributed by atoms with van der Waals surface area (Å²) < 4.78 is 37.5. The molecule has 0 N–H and O–H groups in total. The third-order valence-electron chi connectivity index (χ3n) is 13.0. The summed E-state index contributed by atoms with van der Waals surface area (Å²) in [5.41, 5.74) is 0.196. The fraction of sp³-hybridized carbons (Fsp3) is 0.400. The van der Waals surface area contributed by atoms with E-state index in [2.05, 4.69) is 98.3 Å². The van der Waals surface area contributed by atoms with Crippen LogP contribution in [0.4, 0.5) is 15.0 Å². The standard InChI is InChI=1S/C50H56ClFN6O4Si/c1-49(2,3)61-48(59)58-33-24-25-34(58)30-57(29-33)46-38-28-53-44(37-22-14-16-32-17-15-23-39(51)42(32)37)43(52)45(38)54-47(55-46)60-31-40-41(26-27-56(40)7)62-63(50(4,5)6,35-18-10-8-11-19-35)36-20-12-9-13-21-36/h8-23,28,33-34,40-41H,24-27,29-31H2,1-7H3/t33-,34+,40-,41-/m1/s1. The summed E-state index contributed by atoms with van der Waals surface area (Å²) in [4.78, 5) is 34.4. The molecule has 1 amide bonds. The van der Waals surface area contributed by atoms with Crippen molar-refractivity contribution in [1.29, 1.82) is 0 Å². The number of aromatic nitrogens is 3. The van der Waals surface area contributed by atoms with Crippen molar-refractivity contribution < 1.29 is 23.1 Å². The summed E-state index contributed by atoms with van der Waals surface area (Å²) in [5, 5.41) is 4.79. The van der Waals surface area contributed by atoms with E-state index in [1.54, 1.807) is 12.3 Å². The lowest BCUT2D eigenvalue weighted by atomic mass is 10.0. The number of carbonyl (C=O) groups excluding carboxylic acids is 1. The van der Waals surface area contributed by atoms with Gasteiger partial charge in [0.2, 0.25) is 0 Å². The molecule has 0 spiro atoms. The highest BCUT2D eigenvalue weighted by molar-refractivity contribution is 6.99. The molecule has 4 atom stereocenters. The Balaban J connectivity index is 1.09. The SMILES string of the molecule is CN1CC[C@@H](O[Si](c2ccccc2)(c2ccccc2)C(C)(C)C)[C@H]1COc1nc(N2C[C@H]3CC[C@@H](C2)N3C(=O)OC(C)(C)C)c2cnc(-c3cccc4cccc(Cl)c34)c(F)c2n1. The van der Waals surface area contributed by atoms with E-state index in [1.807, 2.05) is 56.0 Å². The Hall–Kier alpha value is -5.14. The summed E-state index contributed by atoms with van der Waals surface area (Å²) in [6, 6.07) is 32.4. The predicted molar refractivity (Wildman–Crippen MR) is 251 cm³/mol. The van der Waals surface area contributed by atoms with Crippen LogP contribution < -0.4 is 20.0 Å². The van der Waals surface area contributed by atoms with Gasteiger partial charge in [-0.1, -0.05) is 123 Å². The van der Waals surface area contributed by atoms with Gasteiger partial charge < -0.3 is 18.8 Å². The van der Waals surface area contributed by atoms with Gasteiger partial charge in [0, 0.05) is 41.8 Å². The first kappa shape index (κ1) is 43.1. The molecule has 3 aliphatic rings. The van der Waals surface area contributed by atoms with Crippen molar-refractivity contribution in [1.82, 2.24) is 24.8 Å². The predicted octanol–water partition coefficient (Wildman–Crippen LogP) is 9.25. The lowest BCUT2D eigenvalue weighted by Gasteiger charge is -2.45. The third-order valence-corrected chi connectivity index (χ3v) is 18.4. The molecule has 3 aliphatic heterocycles. The van der Waals surface area contributed by atoms with Crippen LogP contribution in [0.15, 0.2) is 103 Å². The Morgan fingerprint density at radius 1 is 0.841 bits per heavy atom. The van der Waals surface area contributed by atoms with Gasteiger partial charge in [-0.25, -0.2) is 9.18 Å². The van der Waals surface area contributed by atoms with E-state index in [0.717, 1.165) is 31.2 Å². The highest BCUT2D eigenvalue weighted by atomic mass is 35.5. The summed E-state index contributed by atoms with van der Waals surface area (Å²) in [5.74, 6) is -0.0702. The van der Waals surface area contributed by atoms with Gasteiger partial charge in [0.15, 0.2) is 5.82 Å². The number of halogens is 2. The number of fused-ring (bicyclic) bond motifs is 4. The van der Waals surface area contributed by atoms with Crippen LogP contribution in [-0.2, 0) is 9.16 Å². The fourth-order valence-corrected chi connectivity index (χ4v) is 15.1. The van der Waals surface area contributed by atoms with E-state index < -0.39 is 19.7 Å². The van der Waals surface area contributed by atoms with Gasteiger partial charge in [0.05, 0.1) is 29.6 Å². The minimum atomic E-state index is -2.89. The number of benzene rings is 4. The molecule has 10 nitrogen and oxygen atoms in total. The maximum absolute atomic E-state index is 17.4. The number of anilines is 1. The van der Waals surface area contributed by atoms with Gasteiger partial charge in [0.25, 0.3) is 8.32 Å². The van der Waals surface area contributed by atoms with Crippen molar-refractivity contribution in [2.24, 2.45) is 0 Å². The average Bonchev–Trinajstić information content (AvgIpc) is 3.74. The number of likely N-dealkylation sites (tertiary alicyclic amines) is 1. The number of nitrogens with zero attached hydrogens (tertiary/aromatic N) is 6. The molecule has 6 aromatic rings. The highest BCUT2D eigenvalue weighted by Gasteiger charge is 2.53. The monoisotopic (exact) mass is 886 g/mol. The number of likely N-dealkylation sites (N-methyl/N-ethyl adjacent to an activating group) is 1. The first-order valence-corrected chi connectivity index (χ1v) is 24.3. The molecular formula is C50H56ClFN6O4Si. The number of piperazine rings is 1. The van der Waals surface area contributed by atoms with Crippen molar-refractivity contribution in [2.75, 3.05) is 38.2 Å². The zero-order valence-electron chi connectivity index (χ0n) is 37.1. The van der Waals surface area contributed by atoms with Crippen molar-refractivity contribution in [2.45, 2.75) is 95.7 Å². The molecule has 3 fully saturated rings. The summed E-state index contributed by atoms with van der Waals surface area (Å²) in [7, 11) is -0.790. The minimum Gasteiger partial charge on any atom is -0.462 e. The maximum atomic E-state index is 17.4. The van der Waals surface area contributed by atoms with Crippen molar-refractivity contribution >= 4 is 63.9 Å². The largest absolute Gasteiger partial charge is 0.462 e. The first-order valence-electron chi connectivity index (χ1n) is 22.0.